The molecule has 0 saturated heterocycles. The monoisotopic (exact) mass is 475 g/mol. The van der Waals surface area contributed by atoms with E-state index in [9.17, 15) is 13.5 Å². The fourth-order valence-electron chi connectivity index (χ4n) is 3.55. The van der Waals surface area contributed by atoms with E-state index in [2.05, 4.69) is 5.09 Å². The van der Waals surface area contributed by atoms with Crippen LogP contribution in [0.25, 0.3) is 0 Å². The summed E-state index contributed by atoms with van der Waals surface area (Å²) in [5.74, 6) is -0.437. The molecule has 0 aliphatic heterocycles. The van der Waals surface area contributed by atoms with Crippen LogP contribution in [0.3, 0.4) is 0 Å². The summed E-state index contributed by atoms with van der Waals surface area (Å²) in [6.45, 7) is 5.30. The number of halogens is 1. The lowest BCUT2D eigenvalue weighted by Gasteiger charge is -2.40. The average molecular weight is 475 g/mol. The molecule has 0 amide bonds. The first-order valence-corrected chi connectivity index (χ1v) is 13.7. The van der Waals surface area contributed by atoms with Gasteiger partial charge in [0.15, 0.2) is 0 Å². The number of hydrogen-bond donors (Lipinski definition) is 1. The first kappa shape index (κ1) is 24.6. The van der Waals surface area contributed by atoms with Crippen LogP contribution in [0, 0.1) is 5.82 Å². The first-order valence-electron chi connectivity index (χ1n) is 10.4. The molecule has 0 bridgehead atoms. The predicted octanol–water partition coefficient (Wildman–Crippen LogP) is 5.78. The standard InChI is InChI=1S/C24H28FNO4P2/c1-4-29-32(28,30-5-2)24(3,20-16-18-21(25)19-17-20)26-31(27,22-12-8-6-9-13-22)23-14-10-7-11-15-23/h6-19H,4-5H2,1-3H3,(H,26,27)/t24-/m0/s1. The third kappa shape index (κ3) is 4.80. The highest BCUT2D eigenvalue weighted by Gasteiger charge is 2.52. The summed E-state index contributed by atoms with van der Waals surface area (Å²) in [5.41, 5.74) is 0.441. The Kier molecular flexibility index (Phi) is 7.87. The molecule has 0 saturated carbocycles. The van der Waals surface area contributed by atoms with E-state index in [4.69, 9.17) is 9.05 Å². The van der Waals surface area contributed by atoms with Crippen molar-refractivity contribution in [3.05, 3.63) is 96.3 Å². The molecule has 1 atom stereocenters. The average Bonchev–Trinajstić information content (AvgIpc) is 2.81. The molecule has 0 heterocycles. The van der Waals surface area contributed by atoms with Crippen molar-refractivity contribution in [2.24, 2.45) is 0 Å². The van der Waals surface area contributed by atoms with Gasteiger partial charge in [-0.25, -0.2) is 9.48 Å². The van der Waals surface area contributed by atoms with Gasteiger partial charge >= 0.3 is 7.60 Å². The number of rotatable bonds is 10. The van der Waals surface area contributed by atoms with Crippen LogP contribution >= 0.6 is 14.9 Å². The highest BCUT2D eigenvalue weighted by Crippen LogP contribution is 2.66. The maximum Gasteiger partial charge on any atom is 0.355 e. The fraction of sp³-hybridized carbons (Fsp3) is 0.250. The number of benzene rings is 3. The van der Waals surface area contributed by atoms with Crippen LogP contribution in [-0.2, 0) is 23.5 Å². The van der Waals surface area contributed by atoms with E-state index < -0.39 is 26.0 Å². The zero-order valence-electron chi connectivity index (χ0n) is 18.4. The highest BCUT2D eigenvalue weighted by atomic mass is 31.2. The van der Waals surface area contributed by atoms with Gasteiger partial charge in [0.05, 0.1) is 13.2 Å². The van der Waals surface area contributed by atoms with Crippen molar-refractivity contribution in [1.82, 2.24) is 5.09 Å². The molecule has 1 N–H and O–H groups in total. The summed E-state index contributed by atoms with van der Waals surface area (Å²) in [5, 5.41) is 2.75. The van der Waals surface area contributed by atoms with Gasteiger partial charge in [-0.15, -0.1) is 0 Å². The van der Waals surface area contributed by atoms with E-state index in [0.29, 0.717) is 16.2 Å². The molecule has 5 nitrogen and oxygen atoms in total. The zero-order chi connectivity index (χ0) is 23.2. The molecule has 0 aromatic heterocycles. The van der Waals surface area contributed by atoms with E-state index in [1.54, 1.807) is 69.3 Å². The second-order valence-corrected chi connectivity index (χ2v) is 12.2. The molecule has 0 radical (unpaired) electrons. The second-order valence-electron chi connectivity index (χ2n) is 7.30. The van der Waals surface area contributed by atoms with Gasteiger partial charge in [-0.1, -0.05) is 48.5 Å². The Labute approximate surface area is 188 Å². The molecule has 3 aromatic rings. The fourth-order valence-corrected chi connectivity index (χ4v) is 8.69. The Hall–Kier alpha value is -2.07. The van der Waals surface area contributed by atoms with Gasteiger partial charge in [0.25, 0.3) is 0 Å². The summed E-state index contributed by atoms with van der Waals surface area (Å²) in [4.78, 5) is 0. The molecule has 3 rings (SSSR count). The van der Waals surface area contributed by atoms with Gasteiger partial charge in [-0.05, 0) is 62.7 Å². The smallest absolute Gasteiger partial charge is 0.307 e. The Balaban J connectivity index is 2.26. The van der Waals surface area contributed by atoms with Gasteiger partial charge in [0.1, 0.15) is 11.1 Å². The maximum absolute atomic E-state index is 14.7. The molecule has 3 aromatic carbocycles. The molecule has 0 aliphatic rings. The maximum atomic E-state index is 14.7. The van der Waals surface area contributed by atoms with Crippen LogP contribution in [-0.4, -0.2) is 13.2 Å². The Morgan fingerprint density at radius 2 is 1.22 bits per heavy atom. The minimum absolute atomic E-state index is 0.122. The SMILES string of the molecule is CCOP(=O)(OCC)[C@](C)(NP(=O)(c1ccccc1)c1ccccc1)c1ccc(F)cc1. The van der Waals surface area contributed by atoms with Crippen molar-refractivity contribution >= 4 is 25.5 Å². The molecule has 0 spiro atoms. The molecular weight excluding hydrogens is 447 g/mol. The van der Waals surface area contributed by atoms with Crippen molar-refractivity contribution in [2.45, 2.75) is 26.1 Å². The topological polar surface area (TPSA) is 64.6 Å². The molecule has 0 aliphatic carbocycles. The van der Waals surface area contributed by atoms with E-state index in [-0.39, 0.29) is 13.2 Å². The Bertz CT molecular complexity index is 1060. The van der Waals surface area contributed by atoms with Gasteiger partial charge in [-0.3, -0.25) is 9.13 Å². The zero-order valence-corrected chi connectivity index (χ0v) is 20.2. The van der Waals surface area contributed by atoms with Gasteiger partial charge < -0.3 is 9.05 Å². The third-order valence-corrected chi connectivity index (χ3v) is 10.8. The number of nitrogens with one attached hydrogen (secondary N) is 1. The summed E-state index contributed by atoms with van der Waals surface area (Å²) in [6.07, 6.45) is 0. The molecule has 8 heteroatoms. The Morgan fingerprint density at radius 1 is 0.781 bits per heavy atom. The van der Waals surface area contributed by atoms with Crippen LogP contribution in [0.1, 0.15) is 26.3 Å². The lowest BCUT2D eigenvalue weighted by Crippen LogP contribution is -2.43. The van der Waals surface area contributed by atoms with Crippen molar-refractivity contribution in [2.75, 3.05) is 13.2 Å². The van der Waals surface area contributed by atoms with Crippen LogP contribution < -0.4 is 15.7 Å². The minimum Gasteiger partial charge on any atom is -0.307 e. The van der Waals surface area contributed by atoms with Crippen LogP contribution in [0.5, 0.6) is 0 Å². The molecule has 170 valence electrons. The van der Waals surface area contributed by atoms with Gasteiger partial charge in [-0.2, -0.15) is 0 Å². The Morgan fingerprint density at radius 3 is 1.62 bits per heavy atom. The predicted molar refractivity (Wildman–Crippen MR) is 128 cm³/mol. The lowest BCUT2D eigenvalue weighted by molar-refractivity contribution is 0.195. The van der Waals surface area contributed by atoms with Crippen LogP contribution in [0.15, 0.2) is 84.9 Å². The van der Waals surface area contributed by atoms with Crippen LogP contribution in [0.4, 0.5) is 4.39 Å². The summed E-state index contributed by atoms with van der Waals surface area (Å²) >= 11 is 0. The first-order chi connectivity index (χ1) is 15.3. The van der Waals surface area contributed by atoms with Crippen molar-refractivity contribution in [3.8, 4) is 0 Å². The van der Waals surface area contributed by atoms with E-state index in [1.807, 2.05) is 12.1 Å². The molecule has 0 unspecified atom stereocenters. The van der Waals surface area contributed by atoms with Crippen LogP contribution in [0.2, 0.25) is 0 Å². The third-order valence-electron chi connectivity index (χ3n) is 5.17. The normalized spacial score (nSPS) is 14.1. The minimum atomic E-state index is -3.92. The highest BCUT2D eigenvalue weighted by molar-refractivity contribution is 7.77. The second kappa shape index (κ2) is 10.2. The molecular formula is C24H28FNO4P2. The van der Waals surface area contributed by atoms with Crippen molar-refractivity contribution < 1.29 is 22.6 Å². The largest absolute Gasteiger partial charge is 0.355 e. The van der Waals surface area contributed by atoms with Gasteiger partial charge in [0, 0.05) is 10.6 Å². The van der Waals surface area contributed by atoms with E-state index in [1.165, 1.54) is 24.3 Å². The lowest BCUT2D eigenvalue weighted by atomic mass is 10.1. The van der Waals surface area contributed by atoms with E-state index >= 15 is 0 Å². The van der Waals surface area contributed by atoms with E-state index in [0.717, 1.165) is 0 Å². The molecule has 0 fully saturated rings. The summed E-state index contributed by atoms with van der Waals surface area (Å²) < 4.78 is 54.0. The summed E-state index contributed by atoms with van der Waals surface area (Å²) in [6, 6.07) is 23.5. The molecule has 32 heavy (non-hydrogen) atoms. The van der Waals surface area contributed by atoms with Gasteiger partial charge in [0.2, 0.25) is 7.29 Å². The number of hydrogen-bond acceptors (Lipinski definition) is 4. The summed E-state index contributed by atoms with van der Waals surface area (Å²) in [7, 11) is -7.46. The van der Waals surface area contributed by atoms with Crippen molar-refractivity contribution in [1.29, 1.82) is 0 Å². The quantitative estimate of drug-likeness (QED) is 0.377. The van der Waals surface area contributed by atoms with Crippen molar-refractivity contribution in [3.63, 3.8) is 0 Å².